The van der Waals surface area contributed by atoms with Gasteiger partial charge in [-0.25, -0.2) is 4.79 Å². The van der Waals surface area contributed by atoms with Crippen LogP contribution in [0.5, 0.6) is 0 Å². The van der Waals surface area contributed by atoms with Crippen molar-refractivity contribution >= 4 is 23.9 Å². The molecule has 1 aromatic rings. The van der Waals surface area contributed by atoms with Crippen LogP contribution in [0.15, 0.2) is 53.8 Å². The van der Waals surface area contributed by atoms with Crippen molar-refractivity contribution in [3.05, 3.63) is 64.9 Å². The molecule has 2 rings (SSSR count). The summed E-state index contributed by atoms with van der Waals surface area (Å²) in [5.74, 6) is -2.23. The molecule has 1 aliphatic rings. The van der Waals surface area contributed by atoms with E-state index in [1.54, 1.807) is 13.0 Å². The quantitative estimate of drug-likeness (QED) is 0.456. The average Bonchev–Trinajstić information content (AvgIpc) is 2.79. The number of nitrogens with zero attached hydrogens (tertiary/aromatic N) is 1. The average molecular weight is 326 g/mol. The molecular formula is C18H16NO5-. The number of hydrogen-bond acceptors (Lipinski definition) is 5. The van der Waals surface area contributed by atoms with Gasteiger partial charge in [0.2, 0.25) is 0 Å². The Morgan fingerprint density at radius 2 is 1.92 bits per heavy atom. The summed E-state index contributed by atoms with van der Waals surface area (Å²) >= 11 is 0. The van der Waals surface area contributed by atoms with Crippen LogP contribution >= 0.6 is 0 Å². The number of hydrogen-bond donors (Lipinski definition) is 0. The van der Waals surface area contributed by atoms with Crippen molar-refractivity contribution in [2.24, 2.45) is 0 Å². The van der Waals surface area contributed by atoms with Gasteiger partial charge in [0.05, 0.1) is 24.2 Å². The summed E-state index contributed by atoms with van der Waals surface area (Å²) in [5.41, 5.74) is 1.49. The summed E-state index contributed by atoms with van der Waals surface area (Å²) in [5, 5.41) is 10.8. The number of carbonyl (C=O) groups excluding carboxylic acids is 3. The van der Waals surface area contributed by atoms with Gasteiger partial charge in [0, 0.05) is 12.2 Å². The van der Waals surface area contributed by atoms with Crippen molar-refractivity contribution in [3.8, 4) is 0 Å². The molecule has 0 atom stereocenters. The molecule has 1 heterocycles. The maximum Gasteiger partial charge on any atom is 0.340 e. The molecule has 0 unspecified atom stereocenters. The first-order chi connectivity index (χ1) is 11.4. The third-order valence-electron chi connectivity index (χ3n) is 3.67. The molecule has 0 radical (unpaired) electrons. The number of rotatable bonds is 5. The van der Waals surface area contributed by atoms with Crippen LogP contribution in [-0.2, 0) is 14.3 Å². The van der Waals surface area contributed by atoms with Crippen LogP contribution in [0, 0.1) is 0 Å². The number of carboxylic acid groups (broad SMARTS) is 1. The summed E-state index contributed by atoms with van der Waals surface area (Å²) in [4.78, 5) is 36.8. The first-order valence-corrected chi connectivity index (χ1v) is 7.16. The van der Waals surface area contributed by atoms with Gasteiger partial charge in [0.1, 0.15) is 0 Å². The molecule has 0 N–H and O–H groups in total. The highest BCUT2D eigenvalue weighted by Gasteiger charge is 2.36. The van der Waals surface area contributed by atoms with Crippen LogP contribution in [0.1, 0.15) is 22.8 Å². The Balaban J connectivity index is 2.49. The predicted molar refractivity (Wildman–Crippen MR) is 85.4 cm³/mol. The smallest absolute Gasteiger partial charge is 0.340 e. The van der Waals surface area contributed by atoms with Gasteiger partial charge in [-0.1, -0.05) is 30.3 Å². The summed E-state index contributed by atoms with van der Waals surface area (Å²) in [7, 11) is 1.25. The Morgan fingerprint density at radius 3 is 2.42 bits per heavy atom. The molecule has 1 aliphatic heterocycles. The number of esters is 1. The van der Waals surface area contributed by atoms with Gasteiger partial charge in [-0.15, -0.1) is 6.58 Å². The summed E-state index contributed by atoms with van der Waals surface area (Å²) in [6, 6.07) is 5.81. The second kappa shape index (κ2) is 6.95. The molecular weight excluding hydrogens is 310 g/mol. The van der Waals surface area contributed by atoms with Crippen molar-refractivity contribution < 1.29 is 24.2 Å². The Labute approximate surface area is 139 Å². The van der Waals surface area contributed by atoms with Crippen LogP contribution in [0.2, 0.25) is 0 Å². The molecule has 6 heteroatoms. The number of aromatic carboxylic acids is 1. The van der Waals surface area contributed by atoms with Crippen LogP contribution < -0.4 is 5.11 Å². The fraction of sp³-hybridized carbons (Fsp3) is 0.167. The van der Waals surface area contributed by atoms with E-state index in [-0.39, 0.29) is 29.2 Å². The van der Waals surface area contributed by atoms with Gasteiger partial charge in [0.15, 0.2) is 0 Å². The minimum Gasteiger partial charge on any atom is -0.545 e. The molecule has 124 valence electrons. The second-order valence-corrected chi connectivity index (χ2v) is 5.12. The molecule has 0 saturated carbocycles. The highest BCUT2D eigenvalue weighted by atomic mass is 16.5. The maximum atomic E-state index is 12.6. The number of carboxylic acids is 1. The zero-order valence-corrected chi connectivity index (χ0v) is 13.4. The zero-order valence-electron chi connectivity index (χ0n) is 13.4. The fourth-order valence-corrected chi connectivity index (χ4v) is 2.46. The van der Waals surface area contributed by atoms with Crippen molar-refractivity contribution in [1.29, 1.82) is 0 Å². The summed E-state index contributed by atoms with van der Waals surface area (Å²) in [6.45, 7) is 5.54. The second-order valence-electron chi connectivity index (χ2n) is 5.12. The molecule has 0 spiro atoms. The molecule has 1 aromatic carbocycles. The maximum absolute atomic E-state index is 12.6. The highest BCUT2D eigenvalue weighted by molar-refractivity contribution is 6.16. The SMILES string of the molecule is C=CCN1C(=O)/C(=C\c2ccc(C(=O)[O-])cc2)C(C(=O)OC)=C1C. The molecule has 0 saturated heterocycles. The van der Waals surface area contributed by atoms with Gasteiger partial charge in [-0.3, -0.25) is 4.79 Å². The molecule has 1 amide bonds. The van der Waals surface area contributed by atoms with E-state index in [1.165, 1.54) is 42.4 Å². The molecule has 0 fully saturated rings. The normalized spacial score (nSPS) is 15.8. The third-order valence-corrected chi connectivity index (χ3v) is 3.67. The molecule has 24 heavy (non-hydrogen) atoms. The number of allylic oxidation sites excluding steroid dienone is 1. The van der Waals surface area contributed by atoms with Crippen LogP contribution in [-0.4, -0.2) is 36.4 Å². The van der Waals surface area contributed by atoms with Gasteiger partial charge in [0.25, 0.3) is 5.91 Å². The monoisotopic (exact) mass is 326 g/mol. The molecule has 0 aliphatic carbocycles. The van der Waals surface area contributed by atoms with Crippen LogP contribution in [0.4, 0.5) is 0 Å². The number of carbonyl (C=O) groups is 3. The molecule has 0 bridgehead atoms. The van der Waals surface area contributed by atoms with Gasteiger partial charge in [-0.05, 0) is 24.1 Å². The minimum atomic E-state index is -1.28. The largest absolute Gasteiger partial charge is 0.545 e. The number of amides is 1. The number of ether oxygens (including phenoxy) is 1. The topological polar surface area (TPSA) is 86.7 Å². The van der Waals surface area contributed by atoms with Crippen molar-refractivity contribution in [2.75, 3.05) is 13.7 Å². The Bertz CT molecular complexity index is 771. The minimum absolute atomic E-state index is 0.0306. The van der Waals surface area contributed by atoms with Crippen LogP contribution in [0.25, 0.3) is 6.08 Å². The third kappa shape index (κ3) is 3.12. The van der Waals surface area contributed by atoms with E-state index in [9.17, 15) is 19.5 Å². The van der Waals surface area contributed by atoms with Crippen LogP contribution in [0.3, 0.4) is 0 Å². The van der Waals surface area contributed by atoms with E-state index < -0.39 is 11.9 Å². The van der Waals surface area contributed by atoms with E-state index in [0.29, 0.717) is 11.3 Å². The lowest BCUT2D eigenvalue weighted by molar-refractivity contribution is -0.255. The van der Waals surface area contributed by atoms with Crippen molar-refractivity contribution in [1.82, 2.24) is 4.90 Å². The first-order valence-electron chi connectivity index (χ1n) is 7.16. The zero-order chi connectivity index (χ0) is 17.9. The Morgan fingerprint density at radius 1 is 1.29 bits per heavy atom. The Kier molecular flexibility index (Phi) is 4.99. The van der Waals surface area contributed by atoms with E-state index in [4.69, 9.17) is 4.74 Å². The van der Waals surface area contributed by atoms with Crippen molar-refractivity contribution in [3.63, 3.8) is 0 Å². The fourth-order valence-electron chi connectivity index (χ4n) is 2.46. The summed E-state index contributed by atoms with van der Waals surface area (Å²) < 4.78 is 4.77. The van der Waals surface area contributed by atoms with Crippen molar-refractivity contribution in [2.45, 2.75) is 6.92 Å². The van der Waals surface area contributed by atoms with Gasteiger partial charge < -0.3 is 19.5 Å². The lowest BCUT2D eigenvalue weighted by Gasteiger charge is -2.14. The standard InChI is InChI=1S/C18H17NO5/c1-4-9-19-11(2)15(18(23)24-3)14(16(19)20)10-12-5-7-13(8-6-12)17(21)22/h4-8,10H,1,9H2,2-3H3,(H,21,22)/p-1/b14-10-. The van der Waals surface area contributed by atoms with E-state index in [1.807, 2.05) is 0 Å². The lowest BCUT2D eigenvalue weighted by atomic mass is 10.0. The summed E-state index contributed by atoms with van der Waals surface area (Å²) in [6.07, 6.45) is 3.09. The first kappa shape index (κ1) is 17.2. The van der Waals surface area contributed by atoms with E-state index >= 15 is 0 Å². The lowest BCUT2D eigenvalue weighted by Crippen LogP contribution is -2.25. The van der Waals surface area contributed by atoms with Gasteiger partial charge in [-0.2, -0.15) is 0 Å². The molecule has 6 nitrogen and oxygen atoms in total. The van der Waals surface area contributed by atoms with E-state index in [2.05, 4.69) is 6.58 Å². The number of benzene rings is 1. The van der Waals surface area contributed by atoms with Gasteiger partial charge >= 0.3 is 5.97 Å². The molecule has 0 aromatic heterocycles. The van der Waals surface area contributed by atoms with E-state index in [0.717, 1.165) is 0 Å². The highest BCUT2D eigenvalue weighted by Crippen LogP contribution is 2.31. The number of methoxy groups -OCH3 is 1. The Hall–Kier alpha value is -3.15. The predicted octanol–water partition coefficient (Wildman–Crippen LogP) is 0.909.